The predicted octanol–water partition coefficient (Wildman–Crippen LogP) is 3.89. The lowest BCUT2D eigenvalue weighted by molar-refractivity contribution is -0.123. The smallest absolute Gasteiger partial charge is 0.262 e. The second kappa shape index (κ2) is 7.27. The van der Waals surface area contributed by atoms with Crippen molar-refractivity contribution in [3.63, 3.8) is 0 Å². The molecule has 2 aromatic carbocycles. The Morgan fingerprint density at radius 2 is 1.77 bits per heavy atom. The second-order valence-corrected chi connectivity index (χ2v) is 8.99. The molecule has 0 atom stereocenters. The van der Waals surface area contributed by atoms with E-state index in [1.165, 1.54) is 10.1 Å². The molecular weight excluding hydrogens is 376 g/mol. The van der Waals surface area contributed by atoms with Crippen LogP contribution < -0.4 is 16.4 Å². The van der Waals surface area contributed by atoms with Gasteiger partial charge in [-0.05, 0) is 48.4 Å². The number of carbonyl (C=O) groups excluding carboxylic acids is 1. The van der Waals surface area contributed by atoms with Crippen LogP contribution in [0.3, 0.4) is 0 Å². The number of aromatic nitrogens is 2. The van der Waals surface area contributed by atoms with Crippen LogP contribution in [0, 0.1) is 0 Å². The lowest BCUT2D eigenvalue weighted by Crippen LogP contribution is -2.40. The van der Waals surface area contributed by atoms with Gasteiger partial charge in [-0.3, -0.25) is 25.0 Å². The maximum Gasteiger partial charge on any atom is 0.262 e. The Morgan fingerprint density at radius 1 is 1.10 bits per heavy atom. The summed E-state index contributed by atoms with van der Waals surface area (Å²) in [6.07, 6.45) is 1.61. The third kappa shape index (κ3) is 3.47. The first kappa shape index (κ1) is 20.1. The highest BCUT2D eigenvalue weighted by Gasteiger charge is 2.51. The van der Waals surface area contributed by atoms with Gasteiger partial charge in [-0.1, -0.05) is 57.2 Å². The van der Waals surface area contributed by atoms with Crippen LogP contribution in [0.15, 0.2) is 53.3 Å². The van der Waals surface area contributed by atoms with E-state index < -0.39 is 5.41 Å². The molecule has 1 fully saturated rings. The van der Waals surface area contributed by atoms with E-state index >= 15 is 0 Å². The quantitative estimate of drug-likeness (QED) is 0.633. The summed E-state index contributed by atoms with van der Waals surface area (Å²) in [5.41, 5.74) is 8.00. The van der Waals surface area contributed by atoms with Gasteiger partial charge in [-0.15, -0.1) is 0 Å². The van der Waals surface area contributed by atoms with Crippen molar-refractivity contribution in [2.45, 2.75) is 57.9 Å². The summed E-state index contributed by atoms with van der Waals surface area (Å²) >= 11 is 0. The predicted molar refractivity (Wildman–Crippen MR) is 119 cm³/mol. The molecular formula is C24H28N4O2. The van der Waals surface area contributed by atoms with Gasteiger partial charge in [0.05, 0.1) is 16.3 Å². The van der Waals surface area contributed by atoms with Gasteiger partial charge in [0, 0.05) is 6.54 Å². The summed E-state index contributed by atoms with van der Waals surface area (Å²) in [5, 5.41) is 0.564. The molecule has 1 amide bonds. The zero-order chi connectivity index (χ0) is 21.5. The number of amides is 1. The van der Waals surface area contributed by atoms with Crippen molar-refractivity contribution in [3.8, 4) is 0 Å². The van der Waals surface area contributed by atoms with Crippen molar-refractivity contribution in [2.75, 3.05) is 5.43 Å². The summed E-state index contributed by atoms with van der Waals surface area (Å²) in [7, 11) is 0. The summed E-state index contributed by atoms with van der Waals surface area (Å²) in [6, 6.07) is 15.6. The molecule has 0 saturated heterocycles. The number of hydrogen-bond donors (Lipinski definition) is 2. The summed E-state index contributed by atoms with van der Waals surface area (Å²) < 4.78 is 1.53. The fraction of sp³-hybridized carbons (Fsp3) is 0.375. The van der Waals surface area contributed by atoms with Gasteiger partial charge in [0.15, 0.2) is 0 Å². The molecule has 6 nitrogen and oxygen atoms in total. The number of hydrazine groups is 1. The Labute approximate surface area is 176 Å². The van der Waals surface area contributed by atoms with E-state index in [1.807, 2.05) is 19.1 Å². The number of nitrogens with one attached hydrogen (secondary N) is 2. The van der Waals surface area contributed by atoms with Crippen LogP contribution in [0.25, 0.3) is 10.9 Å². The van der Waals surface area contributed by atoms with E-state index in [2.05, 4.69) is 60.9 Å². The van der Waals surface area contributed by atoms with Crippen LogP contribution >= 0.6 is 0 Å². The van der Waals surface area contributed by atoms with Crippen molar-refractivity contribution in [2.24, 2.45) is 0 Å². The molecule has 1 heterocycles. The second-order valence-electron chi connectivity index (χ2n) is 8.99. The Bertz CT molecular complexity index is 1150. The molecule has 4 rings (SSSR count). The number of rotatable bonds is 5. The largest absolute Gasteiger partial charge is 0.277 e. The van der Waals surface area contributed by atoms with E-state index in [0.717, 1.165) is 18.4 Å². The standard InChI is InChI=1S/C24H28N4O2/c1-5-28-20(29)18-8-6-7-9-19(18)25-22(28)27-26-21(30)24(14-15-24)17-12-10-16(11-13-17)23(2,3)4/h6-13H,5,14-15H2,1-4H3,(H,25,27)(H,26,30). The zero-order valence-electron chi connectivity index (χ0n) is 18.0. The monoisotopic (exact) mass is 404 g/mol. The molecule has 0 bridgehead atoms. The van der Waals surface area contributed by atoms with Crippen molar-refractivity contribution < 1.29 is 4.79 Å². The van der Waals surface area contributed by atoms with E-state index in [9.17, 15) is 9.59 Å². The van der Waals surface area contributed by atoms with Gasteiger partial charge in [0.1, 0.15) is 0 Å². The lowest BCUT2D eigenvalue weighted by Gasteiger charge is -2.21. The lowest BCUT2D eigenvalue weighted by atomic mass is 9.85. The highest BCUT2D eigenvalue weighted by atomic mass is 16.2. The third-order valence-electron chi connectivity index (χ3n) is 5.95. The van der Waals surface area contributed by atoms with Crippen LogP contribution in [-0.2, 0) is 22.2 Å². The number of nitrogens with zero attached hydrogens (tertiary/aromatic N) is 2. The maximum atomic E-state index is 13.0. The number of anilines is 1. The molecule has 6 heteroatoms. The minimum atomic E-state index is -0.516. The van der Waals surface area contributed by atoms with E-state index in [-0.39, 0.29) is 16.9 Å². The topological polar surface area (TPSA) is 76.0 Å². The van der Waals surface area contributed by atoms with Crippen LogP contribution in [0.1, 0.15) is 51.7 Å². The van der Waals surface area contributed by atoms with Gasteiger partial charge < -0.3 is 0 Å². The fourth-order valence-corrected chi connectivity index (χ4v) is 3.85. The summed E-state index contributed by atoms with van der Waals surface area (Å²) in [6.45, 7) is 8.86. The molecule has 1 aromatic heterocycles. The highest BCUT2D eigenvalue weighted by molar-refractivity contribution is 5.92. The van der Waals surface area contributed by atoms with Gasteiger partial charge in [0.25, 0.3) is 5.56 Å². The van der Waals surface area contributed by atoms with Crippen molar-refractivity contribution in [1.82, 2.24) is 15.0 Å². The first-order chi connectivity index (χ1) is 14.3. The Kier molecular flexibility index (Phi) is 4.88. The van der Waals surface area contributed by atoms with Gasteiger partial charge in [0.2, 0.25) is 11.9 Å². The average Bonchev–Trinajstić information content (AvgIpc) is 3.54. The minimum absolute atomic E-state index is 0.0740. The SMILES string of the molecule is CCn1c(NNC(=O)C2(c3ccc(C(C)(C)C)cc3)CC2)nc2ccccc2c1=O. The molecule has 0 unspecified atom stereocenters. The van der Waals surface area contributed by atoms with Crippen LogP contribution in [-0.4, -0.2) is 15.5 Å². The number of carbonyl (C=O) groups is 1. The molecule has 2 N–H and O–H groups in total. The van der Waals surface area contributed by atoms with Gasteiger partial charge in [-0.25, -0.2) is 4.98 Å². The molecule has 156 valence electrons. The van der Waals surface area contributed by atoms with Gasteiger partial charge >= 0.3 is 0 Å². The first-order valence-electron chi connectivity index (χ1n) is 10.4. The molecule has 0 aliphatic heterocycles. The van der Waals surface area contributed by atoms with Crippen LogP contribution in [0.4, 0.5) is 5.95 Å². The van der Waals surface area contributed by atoms with Crippen LogP contribution in [0.2, 0.25) is 0 Å². The Morgan fingerprint density at radius 3 is 2.37 bits per heavy atom. The zero-order valence-corrected chi connectivity index (χ0v) is 18.0. The number of benzene rings is 2. The molecule has 0 radical (unpaired) electrons. The van der Waals surface area contributed by atoms with Crippen LogP contribution in [0.5, 0.6) is 0 Å². The first-order valence-corrected chi connectivity index (χ1v) is 10.4. The number of hydrogen-bond acceptors (Lipinski definition) is 4. The van der Waals surface area contributed by atoms with Gasteiger partial charge in [-0.2, -0.15) is 0 Å². The average molecular weight is 405 g/mol. The van der Waals surface area contributed by atoms with E-state index in [1.54, 1.807) is 12.1 Å². The van der Waals surface area contributed by atoms with Crippen molar-refractivity contribution in [1.29, 1.82) is 0 Å². The number of para-hydroxylation sites is 1. The third-order valence-corrected chi connectivity index (χ3v) is 5.95. The van der Waals surface area contributed by atoms with Crippen molar-refractivity contribution in [3.05, 3.63) is 70.0 Å². The normalized spacial score (nSPS) is 15.1. The van der Waals surface area contributed by atoms with E-state index in [4.69, 9.17) is 0 Å². The molecule has 30 heavy (non-hydrogen) atoms. The minimum Gasteiger partial charge on any atom is -0.277 e. The molecule has 1 saturated carbocycles. The highest BCUT2D eigenvalue weighted by Crippen LogP contribution is 2.48. The van der Waals surface area contributed by atoms with Crippen molar-refractivity contribution >= 4 is 22.8 Å². The molecule has 1 aliphatic rings. The number of fused-ring (bicyclic) bond motifs is 1. The molecule has 0 spiro atoms. The summed E-state index contributed by atoms with van der Waals surface area (Å²) in [4.78, 5) is 30.3. The molecule has 1 aliphatic carbocycles. The molecule has 3 aromatic rings. The Balaban J connectivity index is 1.56. The Hall–Kier alpha value is -3.15. The summed E-state index contributed by atoms with van der Waals surface area (Å²) in [5.74, 6) is 0.240. The maximum absolute atomic E-state index is 13.0. The van der Waals surface area contributed by atoms with E-state index in [0.29, 0.717) is 23.4 Å². The fourth-order valence-electron chi connectivity index (χ4n) is 3.85.